The van der Waals surface area contributed by atoms with Crippen molar-refractivity contribution in [2.24, 2.45) is 11.8 Å². The summed E-state index contributed by atoms with van der Waals surface area (Å²) in [7, 11) is 0. The first-order chi connectivity index (χ1) is 14.5. The van der Waals surface area contributed by atoms with Crippen LogP contribution in [0.15, 0.2) is 42.5 Å². The van der Waals surface area contributed by atoms with E-state index >= 15 is 0 Å². The largest absolute Gasteiger partial charge is 0.325 e. The molecule has 1 aliphatic carbocycles. The Kier molecular flexibility index (Phi) is 5.71. The first-order valence-corrected chi connectivity index (χ1v) is 10.9. The van der Waals surface area contributed by atoms with E-state index in [1.165, 1.54) is 4.90 Å². The number of anilines is 1. The lowest BCUT2D eigenvalue weighted by Crippen LogP contribution is -2.41. The summed E-state index contributed by atoms with van der Waals surface area (Å²) >= 11 is 0. The molecule has 5 heteroatoms. The van der Waals surface area contributed by atoms with E-state index in [9.17, 15) is 14.4 Å². The van der Waals surface area contributed by atoms with Crippen molar-refractivity contribution >= 4 is 23.4 Å². The molecule has 2 unspecified atom stereocenters. The van der Waals surface area contributed by atoms with Crippen molar-refractivity contribution in [1.82, 2.24) is 4.90 Å². The van der Waals surface area contributed by atoms with Crippen molar-refractivity contribution in [3.05, 3.63) is 64.7 Å². The summed E-state index contributed by atoms with van der Waals surface area (Å²) in [6.07, 6.45) is 4.49. The number of nitrogens with zero attached hydrogens (tertiary/aromatic N) is 1. The lowest BCUT2D eigenvalue weighted by atomic mass is 9.78. The number of aryl methyl sites for hydroxylation is 2. The van der Waals surface area contributed by atoms with E-state index in [0.717, 1.165) is 48.9 Å². The second-order valence-electron chi connectivity index (χ2n) is 8.37. The highest BCUT2D eigenvalue weighted by Crippen LogP contribution is 2.34. The maximum Gasteiger partial charge on any atom is 0.261 e. The molecule has 1 N–H and O–H groups in total. The third kappa shape index (κ3) is 3.64. The summed E-state index contributed by atoms with van der Waals surface area (Å²) in [4.78, 5) is 40.2. The smallest absolute Gasteiger partial charge is 0.261 e. The van der Waals surface area contributed by atoms with Crippen LogP contribution in [0.3, 0.4) is 0 Å². The van der Waals surface area contributed by atoms with Crippen LogP contribution < -0.4 is 5.32 Å². The molecule has 0 bridgehead atoms. The number of benzene rings is 2. The van der Waals surface area contributed by atoms with E-state index in [0.29, 0.717) is 17.7 Å². The van der Waals surface area contributed by atoms with Crippen LogP contribution in [-0.4, -0.2) is 29.2 Å². The van der Waals surface area contributed by atoms with Crippen LogP contribution in [0.5, 0.6) is 0 Å². The molecule has 156 valence electrons. The van der Waals surface area contributed by atoms with Crippen molar-refractivity contribution < 1.29 is 14.4 Å². The Morgan fingerprint density at radius 3 is 2.33 bits per heavy atom. The van der Waals surface area contributed by atoms with E-state index in [-0.39, 0.29) is 29.6 Å². The average Bonchev–Trinajstić information content (AvgIpc) is 3.00. The number of carbonyl (C=O) groups is 3. The molecular formula is C25H28N2O3. The second-order valence-corrected chi connectivity index (χ2v) is 8.37. The summed E-state index contributed by atoms with van der Waals surface area (Å²) in [6.45, 7) is 4.39. The predicted molar refractivity (Wildman–Crippen MR) is 116 cm³/mol. The van der Waals surface area contributed by atoms with Crippen LogP contribution in [0.1, 0.15) is 64.4 Å². The SMILES string of the molecule is CCc1cccc(C)c1NC(=O)C1CCCCC1CN1C(=O)c2ccccc2C1=O. The van der Waals surface area contributed by atoms with Crippen molar-refractivity contribution in [3.8, 4) is 0 Å². The number of carbonyl (C=O) groups excluding carboxylic acids is 3. The molecule has 30 heavy (non-hydrogen) atoms. The monoisotopic (exact) mass is 404 g/mol. The van der Waals surface area contributed by atoms with Gasteiger partial charge in [-0.25, -0.2) is 0 Å². The number of hydrogen-bond donors (Lipinski definition) is 1. The summed E-state index contributed by atoms with van der Waals surface area (Å²) in [6, 6.07) is 13.0. The van der Waals surface area contributed by atoms with Crippen LogP contribution in [0.25, 0.3) is 0 Å². The van der Waals surface area contributed by atoms with Crippen LogP contribution in [0.2, 0.25) is 0 Å². The molecule has 1 saturated carbocycles. The molecule has 4 rings (SSSR count). The maximum atomic E-state index is 13.3. The van der Waals surface area contributed by atoms with Gasteiger partial charge in [-0.15, -0.1) is 0 Å². The Hall–Kier alpha value is -2.95. The van der Waals surface area contributed by atoms with E-state index in [1.54, 1.807) is 24.3 Å². The average molecular weight is 405 g/mol. The molecule has 2 aliphatic rings. The maximum absolute atomic E-state index is 13.3. The minimum atomic E-state index is -0.243. The summed E-state index contributed by atoms with van der Waals surface area (Å²) in [5, 5.41) is 3.17. The quantitative estimate of drug-likeness (QED) is 0.741. The minimum Gasteiger partial charge on any atom is -0.325 e. The molecule has 2 aromatic carbocycles. The fourth-order valence-corrected chi connectivity index (χ4v) is 4.83. The van der Waals surface area contributed by atoms with E-state index in [2.05, 4.69) is 12.2 Å². The summed E-state index contributed by atoms with van der Waals surface area (Å²) < 4.78 is 0. The summed E-state index contributed by atoms with van der Waals surface area (Å²) in [5.41, 5.74) is 4.00. The number of amides is 3. The molecule has 5 nitrogen and oxygen atoms in total. The van der Waals surface area contributed by atoms with E-state index in [1.807, 2.05) is 25.1 Å². The van der Waals surface area contributed by atoms with Crippen molar-refractivity contribution in [1.29, 1.82) is 0 Å². The molecule has 1 heterocycles. The number of hydrogen-bond acceptors (Lipinski definition) is 3. The molecule has 3 amide bonds. The van der Waals surface area contributed by atoms with Crippen molar-refractivity contribution in [2.75, 3.05) is 11.9 Å². The number of imide groups is 1. The molecule has 0 radical (unpaired) electrons. The highest BCUT2D eigenvalue weighted by atomic mass is 16.2. The predicted octanol–water partition coefficient (Wildman–Crippen LogP) is 4.60. The highest BCUT2D eigenvalue weighted by molar-refractivity contribution is 6.21. The van der Waals surface area contributed by atoms with Gasteiger partial charge in [-0.05, 0) is 55.4 Å². The number of nitrogens with one attached hydrogen (secondary N) is 1. The third-order valence-corrected chi connectivity index (χ3v) is 6.53. The molecule has 2 atom stereocenters. The zero-order valence-corrected chi connectivity index (χ0v) is 17.6. The van der Waals surface area contributed by atoms with Gasteiger partial charge in [0.25, 0.3) is 11.8 Å². The fourth-order valence-electron chi connectivity index (χ4n) is 4.83. The van der Waals surface area contributed by atoms with E-state index < -0.39 is 0 Å². The minimum absolute atomic E-state index is 0.000286. The van der Waals surface area contributed by atoms with Crippen LogP contribution in [-0.2, 0) is 11.2 Å². The van der Waals surface area contributed by atoms with Gasteiger partial charge in [0.2, 0.25) is 5.91 Å². The standard InChI is InChI=1S/C25H28N2O3/c1-3-17-11-8-9-16(2)22(17)26-23(28)19-12-5-4-10-18(19)15-27-24(29)20-13-6-7-14-21(20)25(27)30/h6-9,11,13-14,18-19H,3-5,10,12,15H2,1-2H3,(H,26,28). The van der Waals surface area contributed by atoms with Gasteiger partial charge in [-0.1, -0.05) is 50.1 Å². The third-order valence-electron chi connectivity index (χ3n) is 6.53. The first kappa shape index (κ1) is 20.3. The molecule has 0 spiro atoms. The van der Waals surface area contributed by atoms with Gasteiger partial charge in [0.05, 0.1) is 11.1 Å². The van der Waals surface area contributed by atoms with Gasteiger partial charge in [0.1, 0.15) is 0 Å². The Morgan fingerprint density at radius 1 is 1.00 bits per heavy atom. The van der Waals surface area contributed by atoms with Gasteiger partial charge in [0, 0.05) is 18.2 Å². The molecule has 2 aromatic rings. The molecule has 0 saturated heterocycles. The van der Waals surface area contributed by atoms with Gasteiger partial charge >= 0.3 is 0 Å². The fraction of sp³-hybridized carbons (Fsp3) is 0.400. The van der Waals surface area contributed by atoms with Gasteiger partial charge < -0.3 is 5.32 Å². The first-order valence-electron chi connectivity index (χ1n) is 10.9. The van der Waals surface area contributed by atoms with Crippen LogP contribution >= 0.6 is 0 Å². The molecule has 1 fully saturated rings. The highest BCUT2D eigenvalue weighted by Gasteiger charge is 2.40. The lowest BCUT2D eigenvalue weighted by Gasteiger charge is -2.33. The molecule has 0 aromatic heterocycles. The van der Waals surface area contributed by atoms with Gasteiger partial charge in [-0.2, -0.15) is 0 Å². The van der Waals surface area contributed by atoms with Gasteiger partial charge in [-0.3, -0.25) is 19.3 Å². The Morgan fingerprint density at radius 2 is 1.67 bits per heavy atom. The Bertz CT molecular complexity index is 963. The number of para-hydroxylation sites is 1. The normalized spacial score (nSPS) is 20.9. The second kappa shape index (κ2) is 8.42. The van der Waals surface area contributed by atoms with Crippen molar-refractivity contribution in [2.45, 2.75) is 46.0 Å². The zero-order valence-electron chi connectivity index (χ0n) is 17.6. The lowest BCUT2D eigenvalue weighted by molar-refractivity contribution is -0.122. The zero-order chi connectivity index (χ0) is 21.3. The number of fused-ring (bicyclic) bond motifs is 1. The Labute approximate surface area is 177 Å². The summed E-state index contributed by atoms with van der Waals surface area (Å²) in [5.74, 6) is -0.706. The van der Waals surface area contributed by atoms with E-state index in [4.69, 9.17) is 0 Å². The molecular weight excluding hydrogens is 376 g/mol. The van der Waals surface area contributed by atoms with Gasteiger partial charge in [0.15, 0.2) is 0 Å². The molecule has 1 aliphatic heterocycles. The van der Waals surface area contributed by atoms with Crippen molar-refractivity contribution in [3.63, 3.8) is 0 Å². The topological polar surface area (TPSA) is 66.5 Å². The number of rotatable bonds is 5. The van der Waals surface area contributed by atoms with Crippen LogP contribution in [0, 0.1) is 18.8 Å². The van der Waals surface area contributed by atoms with Crippen LogP contribution in [0.4, 0.5) is 5.69 Å². The Balaban J connectivity index is 1.52.